The van der Waals surface area contributed by atoms with Crippen LogP contribution in [0.3, 0.4) is 0 Å². The van der Waals surface area contributed by atoms with Crippen LogP contribution >= 0.6 is 0 Å². The Morgan fingerprint density at radius 1 is 1.04 bits per heavy atom. The van der Waals surface area contributed by atoms with E-state index in [0.29, 0.717) is 22.8 Å². The molecule has 26 heavy (non-hydrogen) atoms. The Bertz CT molecular complexity index is 1130. The van der Waals surface area contributed by atoms with E-state index in [4.69, 9.17) is 10.8 Å². The Morgan fingerprint density at radius 2 is 1.88 bits per heavy atom. The molecule has 128 valence electrons. The zero-order valence-corrected chi connectivity index (χ0v) is 13.8. The van der Waals surface area contributed by atoms with Crippen LogP contribution in [0.4, 0.5) is 5.69 Å². The summed E-state index contributed by atoms with van der Waals surface area (Å²) in [4.78, 5) is 27.8. The molecular weight excluding hydrogens is 332 g/mol. The van der Waals surface area contributed by atoms with Crippen LogP contribution in [0.1, 0.15) is 16.2 Å². The highest BCUT2D eigenvalue weighted by Gasteiger charge is 2.12. The Kier molecular flexibility index (Phi) is 3.58. The summed E-state index contributed by atoms with van der Waals surface area (Å²) in [5.41, 5.74) is 10.7. The van der Waals surface area contributed by atoms with Crippen LogP contribution in [0.2, 0.25) is 0 Å². The molecule has 4 aromatic rings. The van der Waals surface area contributed by atoms with Crippen molar-refractivity contribution in [2.24, 2.45) is 0 Å². The number of pyridine rings is 2. The first-order valence-electron chi connectivity index (χ1n) is 7.79. The molecule has 0 aliphatic carbocycles. The fraction of sp³-hybridized carbons (Fsp3) is 0.0556. The molecule has 0 aliphatic heterocycles. The molecule has 0 saturated heterocycles. The number of imidazole rings is 1. The van der Waals surface area contributed by atoms with Gasteiger partial charge in [-0.05, 0) is 31.2 Å². The van der Waals surface area contributed by atoms with Gasteiger partial charge in [-0.3, -0.25) is 4.98 Å². The van der Waals surface area contributed by atoms with Crippen molar-refractivity contribution in [1.82, 2.24) is 24.3 Å². The molecule has 0 spiro atoms. The van der Waals surface area contributed by atoms with E-state index in [9.17, 15) is 4.79 Å². The number of hydrogen-bond acceptors (Lipinski definition) is 6. The van der Waals surface area contributed by atoms with Crippen molar-refractivity contribution >= 4 is 17.3 Å². The number of aromatic nitrogens is 5. The summed E-state index contributed by atoms with van der Waals surface area (Å²) in [5, 5.41) is 8.93. The minimum absolute atomic E-state index is 0.135. The number of hydrogen-bond donors (Lipinski definition) is 2. The number of nitrogens with two attached hydrogens (primary N) is 1. The van der Waals surface area contributed by atoms with Gasteiger partial charge in [0.05, 0.1) is 23.8 Å². The SMILES string of the molecule is Cc1cnc2ccc(-c3ccc(N)c(-c4cnc(C(=O)O)cn4)n3)cn12. The second-order valence-electron chi connectivity index (χ2n) is 5.77. The van der Waals surface area contributed by atoms with Gasteiger partial charge in [0, 0.05) is 23.7 Å². The normalized spacial score (nSPS) is 11.0. The maximum Gasteiger partial charge on any atom is 0.356 e. The van der Waals surface area contributed by atoms with Gasteiger partial charge in [0.1, 0.15) is 17.0 Å². The van der Waals surface area contributed by atoms with Crippen molar-refractivity contribution in [2.75, 3.05) is 5.73 Å². The average Bonchev–Trinajstić information content (AvgIpc) is 3.03. The first-order chi connectivity index (χ1) is 12.5. The molecular formula is C18H14N6O2. The van der Waals surface area contributed by atoms with Crippen molar-refractivity contribution in [3.8, 4) is 22.6 Å². The standard InChI is InChI=1S/C18H14N6O2/c1-10-6-22-16-5-2-11(9-24(10)16)13-4-3-12(19)17(23-13)14-7-21-15(8-20-14)18(25)26/h2-9H,19H2,1H3,(H,25,26). The summed E-state index contributed by atoms with van der Waals surface area (Å²) < 4.78 is 1.98. The van der Waals surface area contributed by atoms with Gasteiger partial charge in [-0.25, -0.2) is 19.7 Å². The van der Waals surface area contributed by atoms with Crippen LogP contribution in [-0.2, 0) is 0 Å². The lowest BCUT2D eigenvalue weighted by atomic mass is 10.1. The summed E-state index contributed by atoms with van der Waals surface area (Å²) >= 11 is 0. The number of carboxylic acids is 1. The van der Waals surface area contributed by atoms with Crippen LogP contribution in [0.5, 0.6) is 0 Å². The summed E-state index contributed by atoms with van der Waals surface area (Å²) in [6.07, 6.45) is 6.31. The molecule has 0 saturated carbocycles. The molecule has 0 fully saturated rings. The topological polar surface area (TPSA) is 119 Å². The van der Waals surface area contributed by atoms with Gasteiger partial charge >= 0.3 is 5.97 Å². The van der Waals surface area contributed by atoms with Gasteiger partial charge in [-0.1, -0.05) is 0 Å². The molecule has 8 nitrogen and oxygen atoms in total. The lowest BCUT2D eigenvalue weighted by Crippen LogP contribution is -2.03. The number of nitrogens with zero attached hydrogens (tertiary/aromatic N) is 5. The minimum atomic E-state index is -1.14. The third kappa shape index (κ3) is 2.63. The molecule has 4 aromatic heterocycles. The van der Waals surface area contributed by atoms with Crippen molar-refractivity contribution in [3.63, 3.8) is 0 Å². The van der Waals surface area contributed by atoms with Gasteiger partial charge < -0.3 is 15.2 Å². The van der Waals surface area contributed by atoms with Crippen LogP contribution in [0.15, 0.2) is 49.1 Å². The van der Waals surface area contributed by atoms with E-state index in [0.717, 1.165) is 16.9 Å². The maximum atomic E-state index is 10.9. The number of aromatic carboxylic acids is 1. The van der Waals surface area contributed by atoms with E-state index in [-0.39, 0.29) is 5.69 Å². The molecule has 0 radical (unpaired) electrons. The van der Waals surface area contributed by atoms with E-state index in [1.165, 1.54) is 12.4 Å². The van der Waals surface area contributed by atoms with Gasteiger partial charge in [0.25, 0.3) is 0 Å². The molecule has 0 unspecified atom stereocenters. The Hall–Kier alpha value is -3.81. The zero-order chi connectivity index (χ0) is 18.3. The predicted molar refractivity (Wildman–Crippen MR) is 95.6 cm³/mol. The summed E-state index contributed by atoms with van der Waals surface area (Å²) in [6, 6.07) is 7.42. The molecule has 3 N–H and O–H groups in total. The van der Waals surface area contributed by atoms with E-state index in [2.05, 4.69) is 19.9 Å². The lowest BCUT2D eigenvalue weighted by molar-refractivity contribution is 0.0690. The number of anilines is 1. The number of aryl methyl sites for hydroxylation is 1. The first kappa shape index (κ1) is 15.7. The molecule has 8 heteroatoms. The van der Waals surface area contributed by atoms with E-state index >= 15 is 0 Å². The average molecular weight is 346 g/mol. The monoisotopic (exact) mass is 346 g/mol. The number of carbonyl (C=O) groups is 1. The molecule has 0 amide bonds. The number of carboxylic acid groups (broad SMARTS) is 1. The zero-order valence-electron chi connectivity index (χ0n) is 13.8. The third-order valence-corrected chi connectivity index (χ3v) is 4.03. The van der Waals surface area contributed by atoms with Crippen LogP contribution < -0.4 is 5.73 Å². The number of fused-ring (bicyclic) bond motifs is 1. The summed E-state index contributed by atoms with van der Waals surface area (Å²) in [5.74, 6) is -1.14. The quantitative estimate of drug-likeness (QED) is 0.584. The Balaban J connectivity index is 1.80. The molecule has 0 aromatic carbocycles. The highest BCUT2D eigenvalue weighted by atomic mass is 16.4. The smallest absolute Gasteiger partial charge is 0.356 e. The van der Waals surface area contributed by atoms with Crippen molar-refractivity contribution < 1.29 is 9.90 Å². The predicted octanol–water partition coefficient (Wildman–Crippen LogP) is 2.44. The summed E-state index contributed by atoms with van der Waals surface area (Å²) in [7, 11) is 0. The van der Waals surface area contributed by atoms with E-state index in [1.54, 1.807) is 12.3 Å². The van der Waals surface area contributed by atoms with Crippen molar-refractivity contribution in [3.05, 3.63) is 60.4 Å². The van der Waals surface area contributed by atoms with Crippen LogP contribution in [0.25, 0.3) is 28.3 Å². The fourth-order valence-corrected chi connectivity index (χ4v) is 2.65. The summed E-state index contributed by atoms with van der Waals surface area (Å²) in [6.45, 7) is 1.98. The minimum Gasteiger partial charge on any atom is -0.476 e. The molecule has 4 rings (SSSR count). The number of rotatable bonds is 3. The molecule has 0 aliphatic rings. The first-order valence-corrected chi connectivity index (χ1v) is 7.79. The molecule has 0 bridgehead atoms. The number of nitrogen functional groups attached to an aromatic ring is 1. The maximum absolute atomic E-state index is 10.9. The second-order valence-corrected chi connectivity index (χ2v) is 5.77. The second kappa shape index (κ2) is 5.92. The van der Waals surface area contributed by atoms with Crippen LogP contribution in [0, 0.1) is 6.92 Å². The molecule has 4 heterocycles. The Morgan fingerprint density at radius 3 is 2.62 bits per heavy atom. The van der Waals surface area contributed by atoms with E-state index < -0.39 is 5.97 Å². The van der Waals surface area contributed by atoms with Crippen LogP contribution in [-0.4, -0.2) is 35.4 Å². The largest absolute Gasteiger partial charge is 0.476 e. The van der Waals surface area contributed by atoms with Gasteiger partial charge in [-0.15, -0.1) is 0 Å². The highest BCUT2D eigenvalue weighted by Crippen LogP contribution is 2.26. The fourth-order valence-electron chi connectivity index (χ4n) is 2.65. The third-order valence-electron chi connectivity index (χ3n) is 4.03. The van der Waals surface area contributed by atoms with E-state index in [1.807, 2.05) is 35.7 Å². The van der Waals surface area contributed by atoms with Crippen molar-refractivity contribution in [1.29, 1.82) is 0 Å². The lowest BCUT2D eigenvalue weighted by Gasteiger charge is -2.08. The highest BCUT2D eigenvalue weighted by molar-refractivity contribution is 5.85. The van der Waals surface area contributed by atoms with Gasteiger partial charge in [-0.2, -0.15) is 0 Å². The Labute approximate surface area is 148 Å². The van der Waals surface area contributed by atoms with Gasteiger partial charge in [0.15, 0.2) is 5.69 Å². The van der Waals surface area contributed by atoms with Gasteiger partial charge in [0.2, 0.25) is 0 Å². The molecule has 0 atom stereocenters. The van der Waals surface area contributed by atoms with Crippen molar-refractivity contribution in [2.45, 2.75) is 6.92 Å².